The number of carboxylic acid groups (broad SMARTS) is 1. The zero-order valence-corrected chi connectivity index (χ0v) is 17.2. The summed E-state index contributed by atoms with van der Waals surface area (Å²) in [5.74, 6) is -0.742. The van der Waals surface area contributed by atoms with Crippen molar-refractivity contribution >= 4 is 45.1 Å². The smallest absolute Gasteiger partial charge is 0.450 e. The minimum Gasteiger partial charge on any atom is -0.450 e. The lowest BCUT2D eigenvalue weighted by molar-refractivity contribution is -0.122. The van der Waals surface area contributed by atoms with Crippen LogP contribution < -0.4 is 5.32 Å². The summed E-state index contributed by atoms with van der Waals surface area (Å²) < 4.78 is 43.0. The number of carbonyl (C=O) groups excluding carboxylic acids is 1. The van der Waals surface area contributed by atoms with E-state index in [2.05, 4.69) is 5.32 Å². The van der Waals surface area contributed by atoms with Gasteiger partial charge in [-0.2, -0.15) is 0 Å². The van der Waals surface area contributed by atoms with E-state index in [0.717, 1.165) is 19.1 Å². The molecular weight excluding hydrogens is 436 g/mol. The van der Waals surface area contributed by atoms with E-state index in [1.54, 1.807) is 0 Å². The van der Waals surface area contributed by atoms with Crippen molar-refractivity contribution in [3.63, 3.8) is 0 Å². The van der Waals surface area contributed by atoms with E-state index >= 15 is 0 Å². The molecule has 1 saturated carbocycles. The van der Waals surface area contributed by atoms with Gasteiger partial charge in [0.15, 0.2) is 20.8 Å². The molecule has 1 amide bonds. The Morgan fingerprint density at radius 2 is 1.86 bits per heavy atom. The summed E-state index contributed by atoms with van der Waals surface area (Å²) in [6.07, 6.45) is -1.89. The highest BCUT2D eigenvalue weighted by atomic mass is 35.5. The highest BCUT2D eigenvalue weighted by Gasteiger charge is 2.39. The lowest BCUT2D eigenvalue weighted by Crippen LogP contribution is -2.48. The quantitative estimate of drug-likeness (QED) is 0.436. The van der Waals surface area contributed by atoms with Crippen LogP contribution in [0.4, 0.5) is 9.18 Å². The molecule has 2 N–H and O–H groups in total. The second-order valence-electron chi connectivity index (χ2n) is 6.68. The average molecular weight is 456 g/mol. The van der Waals surface area contributed by atoms with E-state index in [4.69, 9.17) is 33.0 Å². The first-order chi connectivity index (χ1) is 13.0. The predicted molar refractivity (Wildman–Crippen MR) is 101 cm³/mol. The maximum atomic E-state index is 15.0. The van der Waals surface area contributed by atoms with E-state index in [0.29, 0.717) is 0 Å². The molecule has 0 heterocycles. The van der Waals surface area contributed by atoms with E-state index in [9.17, 15) is 22.4 Å². The van der Waals surface area contributed by atoms with E-state index < -0.39 is 45.1 Å². The molecule has 1 unspecified atom stereocenters. The molecule has 0 bridgehead atoms. The van der Waals surface area contributed by atoms with Crippen LogP contribution in [-0.4, -0.2) is 48.9 Å². The topological polar surface area (TPSA) is 110 Å². The van der Waals surface area contributed by atoms with Crippen LogP contribution in [0, 0.1) is 5.92 Å². The Bertz CT molecular complexity index is 813. The van der Waals surface area contributed by atoms with Gasteiger partial charge in [0.05, 0.1) is 4.90 Å². The Labute approximate surface area is 172 Å². The lowest BCUT2D eigenvalue weighted by Gasteiger charge is -2.30. The van der Waals surface area contributed by atoms with Crippen LogP contribution in [-0.2, 0) is 19.4 Å². The first-order valence-electron chi connectivity index (χ1n) is 8.41. The number of ether oxygens (including phenoxy) is 1. The Balaban J connectivity index is 2.37. The zero-order valence-electron chi connectivity index (χ0n) is 14.8. The van der Waals surface area contributed by atoms with Gasteiger partial charge in [-0.05, 0) is 30.0 Å². The number of alkyl halides is 3. The molecule has 1 fully saturated rings. The maximum Gasteiger partial charge on any atom is 0.506 e. The van der Waals surface area contributed by atoms with Crippen molar-refractivity contribution in [2.75, 3.05) is 6.26 Å². The molecule has 11 heteroatoms. The largest absolute Gasteiger partial charge is 0.506 e. The molecule has 1 aromatic carbocycles. The van der Waals surface area contributed by atoms with Crippen molar-refractivity contribution in [3.05, 3.63) is 29.8 Å². The number of amides is 1. The third-order valence-corrected chi connectivity index (χ3v) is 5.87. The van der Waals surface area contributed by atoms with Gasteiger partial charge in [-0.1, -0.05) is 48.2 Å². The number of sulfone groups is 1. The summed E-state index contributed by atoms with van der Waals surface area (Å²) in [5, 5.41) is 11.4. The average Bonchev–Trinajstić information content (AvgIpc) is 3.40. The van der Waals surface area contributed by atoms with Crippen LogP contribution in [0.5, 0.6) is 0 Å². The minimum atomic E-state index is -3.48. The monoisotopic (exact) mass is 455 g/mol. The van der Waals surface area contributed by atoms with Gasteiger partial charge in [-0.25, -0.2) is 17.6 Å². The molecule has 1 aliphatic carbocycles. The third kappa shape index (κ3) is 6.49. The van der Waals surface area contributed by atoms with Gasteiger partial charge in [0.25, 0.3) is 5.91 Å². The summed E-state index contributed by atoms with van der Waals surface area (Å²) in [7, 11) is -3.48. The predicted octanol–water partition coefficient (Wildman–Crippen LogP) is 3.25. The van der Waals surface area contributed by atoms with Crippen LogP contribution >= 0.6 is 23.2 Å². The first kappa shape index (κ1) is 22.7. The normalized spacial score (nSPS) is 17.6. The van der Waals surface area contributed by atoms with Gasteiger partial charge >= 0.3 is 6.16 Å². The summed E-state index contributed by atoms with van der Waals surface area (Å²) in [5.41, 5.74) is 0.180. The fraction of sp³-hybridized carbons (Fsp3) is 0.529. The van der Waals surface area contributed by atoms with Crippen LogP contribution in [0.1, 0.15) is 30.9 Å². The lowest BCUT2D eigenvalue weighted by atomic mass is 9.95. The van der Waals surface area contributed by atoms with Gasteiger partial charge in [-0.15, -0.1) is 0 Å². The molecule has 1 aromatic rings. The number of hydrogen-bond donors (Lipinski definition) is 2. The van der Waals surface area contributed by atoms with E-state index in [1.165, 1.54) is 24.3 Å². The fourth-order valence-corrected chi connectivity index (χ4v) is 3.52. The molecule has 0 radical (unpaired) electrons. The van der Waals surface area contributed by atoms with Crippen molar-refractivity contribution in [3.8, 4) is 0 Å². The molecule has 3 atom stereocenters. The van der Waals surface area contributed by atoms with E-state index in [-0.39, 0.29) is 22.8 Å². The molecule has 0 aliphatic heterocycles. The van der Waals surface area contributed by atoms with Gasteiger partial charge in [0.2, 0.25) is 0 Å². The molecule has 1 aliphatic rings. The summed E-state index contributed by atoms with van der Waals surface area (Å²) in [6.45, 7) is 0. The first-order valence-corrected chi connectivity index (χ1v) is 11.2. The van der Waals surface area contributed by atoms with Crippen molar-refractivity contribution in [1.29, 1.82) is 0 Å². The summed E-state index contributed by atoms with van der Waals surface area (Å²) in [4.78, 5) is 21.7. The Morgan fingerprint density at radius 3 is 2.29 bits per heavy atom. The van der Waals surface area contributed by atoms with Crippen LogP contribution in [0.15, 0.2) is 29.2 Å². The van der Waals surface area contributed by atoms with Gasteiger partial charge < -0.3 is 15.2 Å². The van der Waals surface area contributed by atoms with Crippen LogP contribution in [0.2, 0.25) is 0 Å². The molecule has 2 rings (SSSR count). The second kappa shape index (κ2) is 9.28. The summed E-state index contributed by atoms with van der Waals surface area (Å²) in [6, 6.07) is 3.75. The molecular formula is C17H20Cl2FNO6S. The van der Waals surface area contributed by atoms with Crippen molar-refractivity contribution in [1.82, 2.24) is 5.32 Å². The number of nitrogens with one attached hydrogen (secondary N) is 1. The van der Waals surface area contributed by atoms with Gasteiger partial charge in [0.1, 0.15) is 12.2 Å². The van der Waals surface area contributed by atoms with Crippen LogP contribution in [0.3, 0.4) is 0 Å². The highest BCUT2D eigenvalue weighted by Crippen LogP contribution is 2.37. The Morgan fingerprint density at radius 1 is 1.29 bits per heavy atom. The number of benzene rings is 1. The standard InChI is InChI=1S/C17H20Cl2FNO6S/c1-28(25,26)11-6-4-10(5-7-11)14(27-17(23)24)13(21-16(22)15(18)19)12(20)8-9-2-3-9/h4-7,9,12-15H,2-3,8H2,1H3,(H,21,22)(H,23,24)/t12?,13-,14-/m1/s1. The molecule has 156 valence electrons. The molecule has 0 saturated heterocycles. The van der Waals surface area contributed by atoms with Gasteiger partial charge in [-0.3, -0.25) is 4.79 Å². The molecule has 7 nitrogen and oxygen atoms in total. The summed E-state index contributed by atoms with van der Waals surface area (Å²) >= 11 is 11.1. The van der Waals surface area contributed by atoms with Crippen LogP contribution in [0.25, 0.3) is 0 Å². The molecule has 0 spiro atoms. The van der Waals surface area contributed by atoms with Crippen molar-refractivity contribution < 1.29 is 32.2 Å². The fourth-order valence-electron chi connectivity index (χ4n) is 2.76. The maximum absolute atomic E-state index is 15.0. The number of rotatable bonds is 9. The Hall–Kier alpha value is -1.58. The minimum absolute atomic E-state index is 0.00210. The number of carbonyl (C=O) groups is 2. The van der Waals surface area contributed by atoms with Crippen molar-refractivity contribution in [2.45, 2.75) is 47.3 Å². The third-order valence-electron chi connectivity index (χ3n) is 4.34. The highest BCUT2D eigenvalue weighted by molar-refractivity contribution is 7.90. The van der Waals surface area contributed by atoms with Gasteiger partial charge in [0, 0.05) is 6.26 Å². The number of hydrogen-bond acceptors (Lipinski definition) is 5. The van der Waals surface area contributed by atoms with Crippen molar-refractivity contribution in [2.24, 2.45) is 5.92 Å². The Kier molecular flexibility index (Phi) is 7.52. The van der Waals surface area contributed by atoms with E-state index in [1.807, 2.05) is 0 Å². The molecule has 0 aromatic heterocycles. The molecule has 28 heavy (non-hydrogen) atoms. The number of halogens is 3. The second-order valence-corrected chi connectivity index (χ2v) is 9.79. The zero-order chi connectivity index (χ0) is 21.1. The SMILES string of the molecule is CS(=O)(=O)c1ccc([C@@H](OC(=O)O)[C@H](NC(=O)C(Cl)Cl)C(F)CC2CC2)cc1.